The van der Waals surface area contributed by atoms with E-state index in [9.17, 15) is 5.11 Å². The number of rotatable bonds is 2. The SMILES string of the molecule is CC1CN(Cc2cc(O)ccc2Br)C(C)CN1.Cl. The molecule has 0 aromatic heterocycles. The monoisotopic (exact) mass is 334 g/mol. The Morgan fingerprint density at radius 3 is 2.89 bits per heavy atom. The number of benzene rings is 1. The van der Waals surface area contributed by atoms with E-state index in [1.807, 2.05) is 12.1 Å². The van der Waals surface area contributed by atoms with E-state index in [0.717, 1.165) is 29.7 Å². The number of hydrogen-bond donors (Lipinski definition) is 2. The minimum Gasteiger partial charge on any atom is -0.508 e. The van der Waals surface area contributed by atoms with Crippen LogP contribution in [0.15, 0.2) is 22.7 Å². The average molecular weight is 336 g/mol. The Balaban J connectivity index is 0.00000162. The van der Waals surface area contributed by atoms with Crippen molar-refractivity contribution in [3.8, 4) is 5.75 Å². The molecule has 1 aliphatic heterocycles. The second-order valence-corrected chi connectivity index (χ2v) is 5.72. The van der Waals surface area contributed by atoms with Crippen molar-refractivity contribution in [1.29, 1.82) is 0 Å². The fourth-order valence-corrected chi connectivity index (χ4v) is 2.59. The van der Waals surface area contributed by atoms with E-state index in [-0.39, 0.29) is 12.4 Å². The second-order valence-electron chi connectivity index (χ2n) is 4.86. The summed E-state index contributed by atoms with van der Waals surface area (Å²) in [6.45, 7) is 7.38. The third kappa shape index (κ3) is 3.85. The first-order valence-corrected chi connectivity index (χ1v) is 6.80. The van der Waals surface area contributed by atoms with Crippen LogP contribution in [0.4, 0.5) is 0 Å². The molecule has 0 spiro atoms. The molecule has 5 heteroatoms. The maximum Gasteiger partial charge on any atom is 0.115 e. The first-order valence-electron chi connectivity index (χ1n) is 6.01. The fraction of sp³-hybridized carbons (Fsp3) is 0.538. The number of aromatic hydroxyl groups is 1. The molecule has 1 heterocycles. The molecule has 2 unspecified atom stereocenters. The molecule has 0 saturated carbocycles. The van der Waals surface area contributed by atoms with E-state index in [1.54, 1.807) is 6.07 Å². The Morgan fingerprint density at radius 2 is 2.17 bits per heavy atom. The van der Waals surface area contributed by atoms with Crippen molar-refractivity contribution >= 4 is 28.3 Å². The molecule has 0 bridgehead atoms. The topological polar surface area (TPSA) is 35.5 Å². The van der Waals surface area contributed by atoms with Crippen LogP contribution in [0.5, 0.6) is 5.75 Å². The molecule has 2 rings (SSSR count). The molecule has 2 N–H and O–H groups in total. The van der Waals surface area contributed by atoms with Crippen LogP contribution in [0.25, 0.3) is 0 Å². The lowest BCUT2D eigenvalue weighted by molar-refractivity contribution is 0.138. The smallest absolute Gasteiger partial charge is 0.115 e. The Hall–Kier alpha value is -0.290. The van der Waals surface area contributed by atoms with E-state index in [1.165, 1.54) is 0 Å². The van der Waals surface area contributed by atoms with Gasteiger partial charge in [-0.3, -0.25) is 4.90 Å². The van der Waals surface area contributed by atoms with Crippen LogP contribution in [-0.4, -0.2) is 35.2 Å². The average Bonchev–Trinajstić information content (AvgIpc) is 2.28. The Labute approximate surface area is 123 Å². The number of nitrogens with zero attached hydrogens (tertiary/aromatic N) is 1. The second kappa shape index (κ2) is 6.75. The Morgan fingerprint density at radius 1 is 1.44 bits per heavy atom. The molecule has 0 aliphatic carbocycles. The van der Waals surface area contributed by atoms with E-state index >= 15 is 0 Å². The molecular formula is C13H20BrClN2O. The summed E-state index contributed by atoms with van der Waals surface area (Å²) in [7, 11) is 0. The molecule has 3 nitrogen and oxygen atoms in total. The molecule has 2 atom stereocenters. The summed E-state index contributed by atoms with van der Waals surface area (Å²) in [6, 6.07) is 6.50. The third-order valence-electron chi connectivity index (χ3n) is 3.30. The first kappa shape index (κ1) is 15.8. The molecule has 1 saturated heterocycles. The fourth-order valence-electron chi connectivity index (χ4n) is 2.22. The Kier molecular flexibility index (Phi) is 5.92. The quantitative estimate of drug-likeness (QED) is 0.872. The number of phenolic OH excluding ortho intramolecular Hbond substituents is 1. The summed E-state index contributed by atoms with van der Waals surface area (Å²) in [5.74, 6) is 0.332. The molecule has 1 aromatic rings. The van der Waals surface area contributed by atoms with Gasteiger partial charge in [0, 0.05) is 36.2 Å². The summed E-state index contributed by atoms with van der Waals surface area (Å²) in [4.78, 5) is 2.45. The van der Waals surface area contributed by atoms with Crippen molar-refractivity contribution in [2.75, 3.05) is 13.1 Å². The molecule has 1 fully saturated rings. The molecule has 1 aromatic carbocycles. The van der Waals surface area contributed by atoms with Gasteiger partial charge in [0.05, 0.1) is 0 Å². The lowest BCUT2D eigenvalue weighted by Crippen LogP contribution is -2.53. The zero-order valence-corrected chi connectivity index (χ0v) is 13.1. The number of phenols is 1. The molecule has 0 radical (unpaired) electrons. The summed E-state index contributed by atoms with van der Waals surface area (Å²) >= 11 is 3.54. The Bertz CT molecular complexity index is 403. The van der Waals surface area contributed by atoms with Crippen molar-refractivity contribution in [3.05, 3.63) is 28.2 Å². The van der Waals surface area contributed by atoms with Crippen LogP contribution < -0.4 is 5.32 Å². The van der Waals surface area contributed by atoms with Gasteiger partial charge in [0.25, 0.3) is 0 Å². The van der Waals surface area contributed by atoms with Crippen molar-refractivity contribution in [2.45, 2.75) is 32.5 Å². The van der Waals surface area contributed by atoms with E-state index in [4.69, 9.17) is 0 Å². The molecule has 102 valence electrons. The molecule has 18 heavy (non-hydrogen) atoms. The van der Waals surface area contributed by atoms with Gasteiger partial charge in [0.1, 0.15) is 5.75 Å². The van der Waals surface area contributed by atoms with Crippen molar-refractivity contribution in [2.24, 2.45) is 0 Å². The van der Waals surface area contributed by atoms with Crippen LogP contribution in [0.3, 0.4) is 0 Å². The van der Waals surface area contributed by atoms with Gasteiger partial charge in [0.2, 0.25) is 0 Å². The minimum absolute atomic E-state index is 0. The molecule has 1 aliphatic rings. The van der Waals surface area contributed by atoms with Gasteiger partial charge < -0.3 is 10.4 Å². The van der Waals surface area contributed by atoms with Crippen LogP contribution >= 0.6 is 28.3 Å². The van der Waals surface area contributed by atoms with Gasteiger partial charge >= 0.3 is 0 Å². The first-order chi connectivity index (χ1) is 8.06. The van der Waals surface area contributed by atoms with Crippen molar-refractivity contribution in [3.63, 3.8) is 0 Å². The van der Waals surface area contributed by atoms with Crippen molar-refractivity contribution in [1.82, 2.24) is 10.2 Å². The van der Waals surface area contributed by atoms with Gasteiger partial charge in [-0.15, -0.1) is 12.4 Å². The molecule has 0 amide bonds. The third-order valence-corrected chi connectivity index (χ3v) is 4.07. The lowest BCUT2D eigenvalue weighted by atomic mass is 10.1. The summed E-state index contributed by atoms with van der Waals surface area (Å²) in [5, 5.41) is 13.0. The predicted molar refractivity (Wildman–Crippen MR) is 80.4 cm³/mol. The highest BCUT2D eigenvalue weighted by Crippen LogP contribution is 2.24. The number of piperazine rings is 1. The highest BCUT2D eigenvalue weighted by atomic mass is 79.9. The standard InChI is InChI=1S/C13H19BrN2O.ClH/c1-9-7-16(10(2)6-15-9)8-11-5-12(17)3-4-13(11)14;/h3-5,9-10,15,17H,6-8H2,1-2H3;1H. The summed E-state index contributed by atoms with van der Waals surface area (Å²) < 4.78 is 1.06. The number of nitrogens with one attached hydrogen (secondary N) is 1. The lowest BCUT2D eigenvalue weighted by Gasteiger charge is -2.37. The van der Waals surface area contributed by atoms with E-state index in [2.05, 4.69) is 40.0 Å². The maximum atomic E-state index is 9.53. The van der Waals surface area contributed by atoms with Gasteiger partial charge in [-0.05, 0) is 37.6 Å². The molecular weight excluding hydrogens is 316 g/mol. The normalized spacial score (nSPS) is 24.6. The maximum absolute atomic E-state index is 9.53. The zero-order valence-electron chi connectivity index (χ0n) is 10.7. The van der Waals surface area contributed by atoms with Gasteiger partial charge in [-0.2, -0.15) is 0 Å². The van der Waals surface area contributed by atoms with E-state index in [0.29, 0.717) is 17.8 Å². The van der Waals surface area contributed by atoms with Gasteiger partial charge in [-0.25, -0.2) is 0 Å². The van der Waals surface area contributed by atoms with Crippen LogP contribution in [-0.2, 0) is 6.54 Å². The van der Waals surface area contributed by atoms with Crippen molar-refractivity contribution < 1.29 is 5.11 Å². The van der Waals surface area contributed by atoms with Crippen LogP contribution in [0.2, 0.25) is 0 Å². The van der Waals surface area contributed by atoms with Gasteiger partial charge in [-0.1, -0.05) is 15.9 Å². The summed E-state index contributed by atoms with van der Waals surface area (Å²) in [5.41, 5.74) is 1.14. The minimum atomic E-state index is 0. The highest BCUT2D eigenvalue weighted by molar-refractivity contribution is 9.10. The number of halogens is 2. The van der Waals surface area contributed by atoms with Gasteiger partial charge in [0.15, 0.2) is 0 Å². The van der Waals surface area contributed by atoms with Crippen LogP contribution in [0.1, 0.15) is 19.4 Å². The highest BCUT2D eigenvalue weighted by Gasteiger charge is 2.22. The summed E-state index contributed by atoms with van der Waals surface area (Å²) in [6.07, 6.45) is 0. The predicted octanol–water partition coefficient (Wildman–Crippen LogP) is 2.76. The van der Waals surface area contributed by atoms with Crippen LogP contribution in [0, 0.1) is 0 Å². The van der Waals surface area contributed by atoms with E-state index < -0.39 is 0 Å². The largest absolute Gasteiger partial charge is 0.508 e. The zero-order chi connectivity index (χ0) is 12.4. The number of hydrogen-bond acceptors (Lipinski definition) is 3.